The second-order valence-electron chi connectivity index (χ2n) is 8.35. The monoisotopic (exact) mass is 487 g/mol. The maximum Gasteiger partial charge on any atom is 0.316 e. The van der Waals surface area contributed by atoms with Crippen molar-refractivity contribution in [1.82, 2.24) is 13.9 Å². The molecule has 0 bridgehead atoms. The lowest BCUT2D eigenvalue weighted by Gasteiger charge is -2.11. The smallest absolute Gasteiger partial charge is 0.316 e. The van der Waals surface area contributed by atoms with E-state index in [4.69, 9.17) is 4.74 Å². The molecule has 1 aromatic heterocycles. The molecule has 0 atom stereocenters. The highest BCUT2D eigenvalue weighted by molar-refractivity contribution is 8.00. The highest BCUT2D eigenvalue weighted by Gasteiger charge is 2.20. The van der Waals surface area contributed by atoms with Crippen LogP contribution in [0.15, 0.2) is 46.2 Å². The number of thioether (sulfide) groups is 1. The fourth-order valence-corrected chi connectivity index (χ4v) is 5.76. The average molecular weight is 488 g/mol. The van der Waals surface area contributed by atoms with E-state index in [1.54, 1.807) is 18.2 Å². The molecule has 0 saturated heterocycles. The van der Waals surface area contributed by atoms with Gasteiger partial charge in [-0.05, 0) is 67.1 Å². The van der Waals surface area contributed by atoms with Gasteiger partial charge in [-0.3, -0.25) is 4.79 Å². The minimum absolute atomic E-state index is 0.0496. The minimum atomic E-state index is -3.55. The number of esters is 1. The predicted octanol–water partition coefficient (Wildman–Crippen LogP) is 4.02. The van der Waals surface area contributed by atoms with Crippen LogP contribution >= 0.6 is 11.8 Å². The number of imidazole rings is 1. The van der Waals surface area contributed by atoms with E-state index in [0.717, 1.165) is 29.7 Å². The maximum absolute atomic E-state index is 12.5. The first kappa shape index (κ1) is 23.8. The van der Waals surface area contributed by atoms with Crippen LogP contribution < -0.4 is 0 Å². The van der Waals surface area contributed by atoms with Crippen LogP contribution in [0.5, 0.6) is 0 Å². The first-order valence-corrected chi connectivity index (χ1v) is 13.5. The second kappa shape index (κ2) is 9.87. The van der Waals surface area contributed by atoms with E-state index >= 15 is 0 Å². The highest BCUT2D eigenvalue weighted by atomic mass is 32.2. The van der Waals surface area contributed by atoms with E-state index in [1.165, 1.54) is 47.7 Å². The predicted molar refractivity (Wildman–Crippen MR) is 130 cm³/mol. The zero-order chi connectivity index (χ0) is 23.6. The number of carbonyl (C=O) groups is 1. The van der Waals surface area contributed by atoms with Crippen LogP contribution in [0.4, 0.5) is 0 Å². The standard InChI is InChI=1S/C24H29N3O4S2/c1-4-12-27-22-11-10-20(33(29,30)26(2)3)14-21(22)25-23(27)15-31-24(28)16-32-19-9-8-17-6-5-7-18(17)13-19/h8-11,13-14H,4-7,12,15-16H2,1-3H3. The van der Waals surface area contributed by atoms with Crippen molar-refractivity contribution in [1.29, 1.82) is 0 Å². The molecule has 0 amide bonds. The van der Waals surface area contributed by atoms with E-state index < -0.39 is 10.0 Å². The molecule has 1 aliphatic rings. The fourth-order valence-electron chi connectivity index (χ4n) is 4.08. The van der Waals surface area contributed by atoms with Gasteiger partial charge in [-0.2, -0.15) is 0 Å². The van der Waals surface area contributed by atoms with Gasteiger partial charge in [0.2, 0.25) is 10.0 Å². The summed E-state index contributed by atoms with van der Waals surface area (Å²) in [5.74, 6) is 0.548. The third-order valence-corrected chi connectivity index (χ3v) is 8.59. The Morgan fingerprint density at radius 3 is 2.70 bits per heavy atom. The summed E-state index contributed by atoms with van der Waals surface area (Å²) in [6, 6.07) is 11.3. The Hall–Kier alpha value is -2.36. The summed E-state index contributed by atoms with van der Waals surface area (Å²) in [7, 11) is -0.550. The average Bonchev–Trinajstić information content (AvgIpc) is 3.40. The number of hydrogen-bond acceptors (Lipinski definition) is 6. The van der Waals surface area contributed by atoms with Crippen molar-refractivity contribution in [3.8, 4) is 0 Å². The zero-order valence-electron chi connectivity index (χ0n) is 19.2. The van der Waals surface area contributed by atoms with Crippen LogP contribution in [-0.2, 0) is 45.5 Å². The quantitative estimate of drug-likeness (QED) is 0.335. The van der Waals surface area contributed by atoms with Crippen molar-refractivity contribution in [3.05, 3.63) is 53.3 Å². The van der Waals surface area contributed by atoms with Crippen LogP contribution in [0.1, 0.15) is 36.7 Å². The van der Waals surface area contributed by atoms with Gasteiger partial charge in [0.25, 0.3) is 0 Å². The Labute approximate surface area is 199 Å². The number of hydrogen-bond donors (Lipinski definition) is 0. The molecule has 2 aromatic carbocycles. The molecule has 0 saturated carbocycles. The molecule has 33 heavy (non-hydrogen) atoms. The summed E-state index contributed by atoms with van der Waals surface area (Å²) in [6.07, 6.45) is 4.33. The number of aryl methyl sites for hydroxylation is 3. The number of rotatable bonds is 9. The molecule has 1 heterocycles. The topological polar surface area (TPSA) is 81.5 Å². The number of benzene rings is 2. The molecule has 4 rings (SSSR count). The molecule has 0 fully saturated rings. The number of fused-ring (bicyclic) bond motifs is 2. The SMILES string of the molecule is CCCn1c(COC(=O)CSc2ccc3c(c2)CCC3)nc2cc(S(=O)(=O)N(C)C)ccc21. The fraction of sp³-hybridized carbons (Fsp3) is 0.417. The summed E-state index contributed by atoms with van der Waals surface area (Å²) in [5.41, 5.74) is 4.20. The van der Waals surface area contributed by atoms with Crippen LogP contribution in [0.25, 0.3) is 11.0 Å². The lowest BCUT2D eigenvalue weighted by molar-refractivity contribution is -0.142. The molecular weight excluding hydrogens is 458 g/mol. The van der Waals surface area contributed by atoms with Gasteiger partial charge in [-0.25, -0.2) is 17.7 Å². The summed E-state index contributed by atoms with van der Waals surface area (Å²) < 4.78 is 33.7. The summed E-state index contributed by atoms with van der Waals surface area (Å²) in [6.45, 7) is 2.81. The zero-order valence-corrected chi connectivity index (χ0v) is 20.8. The summed E-state index contributed by atoms with van der Waals surface area (Å²) in [4.78, 5) is 18.3. The molecule has 0 radical (unpaired) electrons. The maximum atomic E-state index is 12.5. The Balaban J connectivity index is 1.45. The first-order valence-electron chi connectivity index (χ1n) is 11.1. The van der Waals surface area contributed by atoms with Gasteiger partial charge >= 0.3 is 5.97 Å². The van der Waals surface area contributed by atoms with Gasteiger partial charge in [0.05, 0.1) is 21.7 Å². The van der Waals surface area contributed by atoms with Gasteiger partial charge in [-0.15, -0.1) is 11.8 Å². The Morgan fingerprint density at radius 1 is 1.15 bits per heavy atom. The Morgan fingerprint density at radius 2 is 1.94 bits per heavy atom. The minimum Gasteiger partial charge on any atom is -0.457 e. The third kappa shape index (κ3) is 5.10. The lowest BCUT2D eigenvalue weighted by Crippen LogP contribution is -2.22. The van der Waals surface area contributed by atoms with E-state index in [2.05, 4.69) is 30.1 Å². The normalized spacial score (nSPS) is 13.6. The number of sulfonamides is 1. The molecule has 1 aliphatic carbocycles. The van der Waals surface area contributed by atoms with Gasteiger partial charge in [0.15, 0.2) is 0 Å². The number of aromatic nitrogens is 2. The van der Waals surface area contributed by atoms with Crippen molar-refractivity contribution < 1.29 is 17.9 Å². The molecule has 0 N–H and O–H groups in total. The lowest BCUT2D eigenvalue weighted by atomic mass is 10.1. The molecule has 176 valence electrons. The molecule has 0 unspecified atom stereocenters. The number of carbonyl (C=O) groups excluding carboxylic acids is 1. The van der Waals surface area contributed by atoms with Crippen molar-refractivity contribution in [2.24, 2.45) is 0 Å². The molecule has 7 nitrogen and oxygen atoms in total. The van der Waals surface area contributed by atoms with Crippen LogP contribution in [0, 0.1) is 0 Å². The number of ether oxygens (including phenoxy) is 1. The Kier molecular flexibility index (Phi) is 7.11. The second-order valence-corrected chi connectivity index (χ2v) is 11.6. The highest BCUT2D eigenvalue weighted by Crippen LogP contribution is 2.28. The van der Waals surface area contributed by atoms with Gasteiger partial charge in [-0.1, -0.05) is 13.0 Å². The van der Waals surface area contributed by atoms with Crippen molar-refractivity contribution in [2.75, 3.05) is 19.8 Å². The third-order valence-electron chi connectivity index (χ3n) is 5.81. The van der Waals surface area contributed by atoms with Crippen LogP contribution in [0.3, 0.4) is 0 Å². The van der Waals surface area contributed by atoms with E-state index in [0.29, 0.717) is 17.9 Å². The van der Waals surface area contributed by atoms with E-state index in [1.807, 2.05) is 4.57 Å². The molecule has 0 aliphatic heterocycles. The van der Waals surface area contributed by atoms with Crippen molar-refractivity contribution in [3.63, 3.8) is 0 Å². The Bertz CT molecular complexity index is 1280. The largest absolute Gasteiger partial charge is 0.457 e. The summed E-state index contributed by atoms with van der Waals surface area (Å²) >= 11 is 1.48. The van der Waals surface area contributed by atoms with Crippen molar-refractivity contribution in [2.45, 2.75) is 55.5 Å². The van der Waals surface area contributed by atoms with Gasteiger partial charge in [0.1, 0.15) is 12.4 Å². The molecule has 9 heteroatoms. The molecule has 3 aromatic rings. The van der Waals surface area contributed by atoms with E-state index in [-0.39, 0.29) is 23.2 Å². The van der Waals surface area contributed by atoms with Gasteiger partial charge in [0, 0.05) is 25.5 Å². The van der Waals surface area contributed by atoms with E-state index in [9.17, 15) is 13.2 Å². The van der Waals surface area contributed by atoms with Crippen LogP contribution in [-0.4, -0.2) is 48.1 Å². The number of nitrogens with zero attached hydrogens (tertiary/aromatic N) is 3. The first-order chi connectivity index (χ1) is 15.8. The summed E-state index contributed by atoms with van der Waals surface area (Å²) in [5, 5.41) is 0. The van der Waals surface area contributed by atoms with Crippen molar-refractivity contribution >= 4 is 38.8 Å². The van der Waals surface area contributed by atoms with Crippen LogP contribution in [0.2, 0.25) is 0 Å². The molecule has 0 spiro atoms. The van der Waals surface area contributed by atoms with Gasteiger partial charge < -0.3 is 9.30 Å². The molecular formula is C24H29N3O4S2.